The zero-order valence-corrected chi connectivity index (χ0v) is 20.7. The maximum Gasteiger partial charge on any atom is 0.390 e. The van der Waals surface area contributed by atoms with Gasteiger partial charge < -0.3 is 0 Å². The Bertz CT molecular complexity index is 1350. The van der Waals surface area contributed by atoms with Gasteiger partial charge in [-0.05, 0) is 67.3 Å². The van der Waals surface area contributed by atoms with Gasteiger partial charge in [-0.2, -0.15) is 22.6 Å². The zero-order valence-electron chi connectivity index (χ0n) is 19.9. The van der Waals surface area contributed by atoms with Gasteiger partial charge in [-0.15, -0.1) is 0 Å². The van der Waals surface area contributed by atoms with Gasteiger partial charge in [-0.1, -0.05) is 6.42 Å². The van der Waals surface area contributed by atoms with Gasteiger partial charge in [-0.3, -0.25) is 4.90 Å². The number of rotatable bonds is 6. The summed E-state index contributed by atoms with van der Waals surface area (Å²) in [5.41, 5.74) is 3.08. The van der Waals surface area contributed by atoms with Crippen LogP contribution in [0.15, 0.2) is 42.6 Å². The van der Waals surface area contributed by atoms with E-state index in [1.165, 1.54) is 16.4 Å². The highest BCUT2D eigenvalue weighted by Crippen LogP contribution is 2.36. The van der Waals surface area contributed by atoms with E-state index in [9.17, 15) is 26.0 Å². The van der Waals surface area contributed by atoms with Crippen molar-refractivity contribution in [1.82, 2.24) is 19.0 Å². The largest absolute Gasteiger partial charge is 0.390 e. The average Bonchev–Trinajstić information content (AvgIpc) is 3.18. The number of halogens is 4. The van der Waals surface area contributed by atoms with Gasteiger partial charge in [0.1, 0.15) is 5.82 Å². The van der Waals surface area contributed by atoms with Crippen molar-refractivity contribution in [3.05, 3.63) is 59.5 Å². The minimum atomic E-state index is -4.30. The van der Waals surface area contributed by atoms with Crippen molar-refractivity contribution in [3.8, 4) is 5.69 Å². The molecular formula is C25H28F4N4O2S. The predicted molar refractivity (Wildman–Crippen MR) is 129 cm³/mol. The van der Waals surface area contributed by atoms with Crippen LogP contribution in [0.2, 0.25) is 0 Å². The summed E-state index contributed by atoms with van der Waals surface area (Å²) in [5, 5.41) is 4.81. The first-order chi connectivity index (χ1) is 17.0. The van der Waals surface area contributed by atoms with Crippen LogP contribution in [0.3, 0.4) is 0 Å². The van der Waals surface area contributed by atoms with Crippen LogP contribution in [-0.2, 0) is 10.0 Å². The molecule has 0 spiro atoms. The monoisotopic (exact) mass is 524 g/mol. The summed E-state index contributed by atoms with van der Waals surface area (Å²) in [6.45, 7) is 2.22. The Balaban J connectivity index is 1.50. The standard InChI is InChI=1S/C25H28F4N4O2S/c1-17-13-23-18(15-30-33(23)20-7-5-19(26)6-8-20)14-22(17)24-16-32(36(34,35)21-3-2-4-21)12-11-31(24)10-9-25(27,28)29/h5-8,13-15,21,24H,2-4,9-12,16H2,1H3/t24-/m1/s1. The SMILES string of the molecule is Cc1cc2c(cnn2-c2ccc(F)cc2)cc1[C@H]1CN(S(=O)(=O)C2CCC2)CCN1CCC(F)(F)F. The van der Waals surface area contributed by atoms with Crippen LogP contribution >= 0.6 is 0 Å². The van der Waals surface area contributed by atoms with E-state index in [4.69, 9.17) is 0 Å². The normalized spacial score (nSPS) is 20.6. The molecule has 0 N–H and O–H groups in total. The van der Waals surface area contributed by atoms with E-state index in [2.05, 4.69) is 5.10 Å². The molecule has 36 heavy (non-hydrogen) atoms. The molecule has 1 aromatic heterocycles. The minimum absolute atomic E-state index is 0.120. The lowest BCUT2D eigenvalue weighted by molar-refractivity contribution is -0.140. The Hall–Kier alpha value is -2.50. The second-order valence-corrected chi connectivity index (χ2v) is 11.9. The Morgan fingerprint density at radius 3 is 2.44 bits per heavy atom. The van der Waals surface area contributed by atoms with E-state index in [1.54, 1.807) is 27.9 Å². The topological polar surface area (TPSA) is 58.4 Å². The van der Waals surface area contributed by atoms with Crippen molar-refractivity contribution in [2.24, 2.45) is 0 Å². The maximum atomic E-state index is 13.4. The zero-order chi connectivity index (χ0) is 25.7. The van der Waals surface area contributed by atoms with Crippen molar-refractivity contribution in [3.63, 3.8) is 0 Å². The third-order valence-corrected chi connectivity index (χ3v) is 9.72. The quantitative estimate of drug-likeness (QED) is 0.428. The maximum absolute atomic E-state index is 13.4. The molecule has 194 valence electrons. The lowest BCUT2D eigenvalue weighted by Crippen LogP contribution is -2.53. The summed E-state index contributed by atoms with van der Waals surface area (Å²) in [7, 11) is -3.49. The van der Waals surface area contributed by atoms with Crippen LogP contribution in [-0.4, -0.2) is 65.0 Å². The molecule has 11 heteroatoms. The molecule has 2 heterocycles. The molecule has 0 unspecified atom stereocenters. The number of benzene rings is 2. The Kier molecular flexibility index (Phi) is 6.59. The van der Waals surface area contributed by atoms with Crippen molar-refractivity contribution in [2.45, 2.75) is 50.1 Å². The molecule has 6 nitrogen and oxygen atoms in total. The lowest BCUT2D eigenvalue weighted by atomic mass is 9.96. The fraction of sp³-hybridized carbons (Fsp3) is 0.480. The summed E-state index contributed by atoms with van der Waals surface area (Å²) in [5.74, 6) is -0.355. The highest BCUT2D eigenvalue weighted by atomic mass is 32.2. The molecular weight excluding hydrogens is 496 g/mol. The van der Waals surface area contributed by atoms with Crippen molar-refractivity contribution in [1.29, 1.82) is 0 Å². The van der Waals surface area contributed by atoms with Gasteiger partial charge >= 0.3 is 6.18 Å². The molecule has 0 radical (unpaired) electrons. The summed E-state index contributed by atoms with van der Waals surface area (Å²) < 4.78 is 82.0. The van der Waals surface area contributed by atoms with Crippen LogP contribution in [0.1, 0.15) is 42.9 Å². The Labute approximate surface area is 207 Å². The third kappa shape index (κ3) is 4.88. The van der Waals surface area contributed by atoms with E-state index in [1.807, 2.05) is 19.1 Å². The lowest BCUT2D eigenvalue weighted by Gasteiger charge is -2.43. The molecule has 0 bridgehead atoms. The molecule has 1 aliphatic heterocycles. The van der Waals surface area contributed by atoms with E-state index < -0.39 is 33.9 Å². The highest BCUT2D eigenvalue weighted by Gasteiger charge is 2.41. The second kappa shape index (κ2) is 9.42. The molecule has 1 saturated carbocycles. The van der Waals surface area contributed by atoms with Gasteiger partial charge in [0, 0.05) is 37.6 Å². The molecule has 1 atom stereocenters. The molecule has 2 aliphatic rings. The summed E-state index contributed by atoms with van der Waals surface area (Å²) in [6, 6.07) is 9.23. The number of hydrogen-bond donors (Lipinski definition) is 0. The van der Waals surface area contributed by atoms with Crippen LogP contribution in [0.25, 0.3) is 16.6 Å². The minimum Gasteiger partial charge on any atom is -0.293 e. The van der Waals surface area contributed by atoms with E-state index in [0.717, 1.165) is 28.5 Å². The van der Waals surface area contributed by atoms with Crippen molar-refractivity contribution < 1.29 is 26.0 Å². The van der Waals surface area contributed by atoms with Gasteiger partial charge in [0.15, 0.2) is 0 Å². The van der Waals surface area contributed by atoms with Gasteiger partial charge in [0.2, 0.25) is 10.0 Å². The van der Waals surface area contributed by atoms with Crippen LogP contribution < -0.4 is 0 Å². The molecule has 3 aromatic rings. The number of alkyl halides is 3. The summed E-state index contributed by atoms with van der Waals surface area (Å²) >= 11 is 0. The van der Waals surface area contributed by atoms with Crippen LogP contribution in [0.5, 0.6) is 0 Å². The highest BCUT2D eigenvalue weighted by molar-refractivity contribution is 7.89. The molecule has 0 amide bonds. The smallest absolute Gasteiger partial charge is 0.293 e. The molecule has 2 fully saturated rings. The van der Waals surface area contributed by atoms with Crippen LogP contribution in [0, 0.1) is 12.7 Å². The van der Waals surface area contributed by atoms with E-state index in [-0.39, 0.29) is 32.0 Å². The number of nitrogens with zero attached hydrogens (tertiary/aromatic N) is 4. The van der Waals surface area contributed by atoms with Crippen molar-refractivity contribution >= 4 is 20.9 Å². The Morgan fingerprint density at radius 2 is 1.81 bits per heavy atom. The number of aromatic nitrogens is 2. The number of piperazine rings is 1. The molecule has 2 aromatic carbocycles. The van der Waals surface area contributed by atoms with E-state index >= 15 is 0 Å². The van der Waals surface area contributed by atoms with E-state index in [0.29, 0.717) is 18.5 Å². The van der Waals surface area contributed by atoms with Gasteiger partial charge in [0.05, 0.1) is 29.1 Å². The number of fused-ring (bicyclic) bond motifs is 1. The predicted octanol–water partition coefficient (Wildman–Crippen LogP) is 4.97. The third-order valence-electron chi connectivity index (χ3n) is 7.36. The first kappa shape index (κ1) is 25.2. The fourth-order valence-corrected chi connectivity index (χ4v) is 7.12. The summed E-state index contributed by atoms with van der Waals surface area (Å²) in [6.07, 6.45) is -1.44. The first-order valence-electron chi connectivity index (χ1n) is 12.1. The molecule has 1 aliphatic carbocycles. The average molecular weight is 525 g/mol. The van der Waals surface area contributed by atoms with Gasteiger partial charge in [0.25, 0.3) is 0 Å². The van der Waals surface area contributed by atoms with Crippen LogP contribution in [0.4, 0.5) is 17.6 Å². The Morgan fingerprint density at radius 1 is 1.08 bits per heavy atom. The van der Waals surface area contributed by atoms with Crippen molar-refractivity contribution in [2.75, 3.05) is 26.2 Å². The fourth-order valence-electron chi connectivity index (χ4n) is 5.08. The summed E-state index contributed by atoms with van der Waals surface area (Å²) in [4.78, 5) is 1.75. The first-order valence-corrected chi connectivity index (χ1v) is 13.6. The molecule has 1 saturated heterocycles. The van der Waals surface area contributed by atoms with Gasteiger partial charge in [-0.25, -0.2) is 17.5 Å². The number of aryl methyl sites for hydroxylation is 1. The molecule has 5 rings (SSSR count). The second-order valence-electron chi connectivity index (χ2n) is 9.67. The number of hydrogen-bond acceptors (Lipinski definition) is 4. The number of sulfonamides is 1.